The van der Waals surface area contributed by atoms with Crippen molar-refractivity contribution in [3.63, 3.8) is 0 Å². The van der Waals surface area contributed by atoms with Gasteiger partial charge in [0.15, 0.2) is 0 Å². The van der Waals surface area contributed by atoms with Crippen molar-refractivity contribution in [2.75, 3.05) is 5.32 Å². The summed E-state index contributed by atoms with van der Waals surface area (Å²) in [5, 5.41) is 5.52. The molecule has 0 radical (unpaired) electrons. The topological polar surface area (TPSA) is 54.0 Å². The Kier molecular flexibility index (Phi) is 4.50. The summed E-state index contributed by atoms with van der Waals surface area (Å²) in [7, 11) is 0. The normalized spacial score (nSPS) is 9.95. The fourth-order valence-corrected chi connectivity index (χ4v) is 1.68. The number of nitrogens with zero attached hydrogens (tertiary/aromatic N) is 1. The maximum Gasteiger partial charge on any atom is 0.320 e. The molecule has 0 bridgehead atoms. The minimum absolute atomic E-state index is 0.246. The van der Waals surface area contributed by atoms with E-state index in [1.54, 1.807) is 6.07 Å². The molecule has 0 fully saturated rings. The third-order valence-corrected chi connectivity index (χ3v) is 2.71. The van der Waals surface area contributed by atoms with Crippen molar-refractivity contribution in [3.8, 4) is 0 Å². The maximum absolute atomic E-state index is 11.7. The number of hydrogen-bond donors (Lipinski definition) is 2. The Morgan fingerprint density at radius 1 is 1.11 bits per heavy atom. The monoisotopic (exact) mass is 255 g/mol. The van der Waals surface area contributed by atoms with Gasteiger partial charge in [-0.1, -0.05) is 43.3 Å². The van der Waals surface area contributed by atoms with Crippen LogP contribution in [0.4, 0.5) is 10.6 Å². The van der Waals surface area contributed by atoms with Gasteiger partial charge in [-0.25, -0.2) is 9.78 Å². The molecule has 1 aromatic carbocycles. The van der Waals surface area contributed by atoms with Crippen molar-refractivity contribution >= 4 is 11.8 Å². The number of carbonyl (C=O) groups excluding carboxylic acids is 1. The van der Waals surface area contributed by atoms with E-state index in [9.17, 15) is 4.79 Å². The SMILES string of the molecule is CCc1cccc(NC(=O)NCc2ccccc2)n1. The van der Waals surface area contributed by atoms with Crippen LogP contribution in [0.15, 0.2) is 48.5 Å². The summed E-state index contributed by atoms with van der Waals surface area (Å²) in [4.78, 5) is 16.0. The Morgan fingerprint density at radius 2 is 1.89 bits per heavy atom. The molecule has 4 nitrogen and oxygen atoms in total. The molecule has 0 saturated heterocycles. The lowest BCUT2D eigenvalue weighted by atomic mass is 10.2. The maximum atomic E-state index is 11.7. The Morgan fingerprint density at radius 3 is 2.63 bits per heavy atom. The predicted octanol–water partition coefficient (Wildman–Crippen LogP) is 2.97. The highest BCUT2D eigenvalue weighted by atomic mass is 16.2. The third-order valence-electron chi connectivity index (χ3n) is 2.71. The number of hydrogen-bond acceptors (Lipinski definition) is 2. The molecule has 2 amide bonds. The number of urea groups is 1. The second-order valence-corrected chi connectivity index (χ2v) is 4.16. The minimum atomic E-state index is -0.246. The van der Waals surface area contributed by atoms with Gasteiger partial charge < -0.3 is 5.32 Å². The molecule has 0 saturated carbocycles. The average molecular weight is 255 g/mol. The van der Waals surface area contributed by atoms with Gasteiger partial charge in [-0.3, -0.25) is 5.32 Å². The van der Waals surface area contributed by atoms with Crippen molar-refractivity contribution in [3.05, 3.63) is 59.8 Å². The predicted molar refractivity (Wildman–Crippen MR) is 75.9 cm³/mol. The molecular weight excluding hydrogens is 238 g/mol. The number of pyridine rings is 1. The fraction of sp³-hybridized carbons (Fsp3) is 0.200. The summed E-state index contributed by atoms with van der Waals surface area (Å²) in [5.74, 6) is 0.574. The van der Waals surface area contributed by atoms with Crippen LogP contribution in [0, 0.1) is 0 Å². The van der Waals surface area contributed by atoms with Crippen LogP contribution in [-0.4, -0.2) is 11.0 Å². The summed E-state index contributed by atoms with van der Waals surface area (Å²) in [6.07, 6.45) is 0.848. The van der Waals surface area contributed by atoms with Gasteiger partial charge in [0.25, 0.3) is 0 Å². The summed E-state index contributed by atoms with van der Waals surface area (Å²) in [6.45, 7) is 2.53. The first-order valence-corrected chi connectivity index (χ1v) is 6.32. The van der Waals surface area contributed by atoms with Gasteiger partial charge in [0.2, 0.25) is 0 Å². The second kappa shape index (κ2) is 6.54. The highest BCUT2D eigenvalue weighted by Crippen LogP contribution is 2.05. The number of aryl methyl sites for hydroxylation is 1. The molecule has 0 aliphatic rings. The number of amides is 2. The molecule has 1 heterocycles. The number of nitrogens with one attached hydrogen (secondary N) is 2. The number of anilines is 1. The number of rotatable bonds is 4. The smallest absolute Gasteiger partial charge is 0.320 e. The first kappa shape index (κ1) is 13.1. The van der Waals surface area contributed by atoms with Gasteiger partial charge in [-0.2, -0.15) is 0 Å². The van der Waals surface area contributed by atoms with Crippen LogP contribution in [-0.2, 0) is 13.0 Å². The van der Waals surface area contributed by atoms with Gasteiger partial charge in [-0.05, 0) is 24.1 Å². The van der Waals surface area contributed by atoms with E-state index in [0.717, 1.165) is 17.7 Å². The van der Waals surface area contributed by atoms with Crippen molar-refractivity contribution in [2.45, 2.75) is 19.9 Å². The van der Waals surface area contributed by atoms with Crippen LogP contribution in [0.2, 0.25) is 0 Å². The van der Waals surface area contributed by atoms with Gasteiger partial charge in [0.05, 0.1) is 0 Å². The molecule has 2 N–H and O–H groups in total. The molecule has 19 heavy (non-hydrogen) atoms. The Labute approximate surface area is 112 Å². The van der Waals surface area contributed by atoms with Crippen LogP contribution in [0.1, 0.15) is 18.2 Å². The molecule has 2 rings (SSSR count). The lowest BCUT2D eigenvalue weighted by molar-refractivity contribution is 0.251. The third kappa shape index (κ3) is 4.10. The molecule has 98 valence electrons. The average Bonchev–Trinajstić information content (AvgIpc) is 2.46. The highest BCUT2D eigenvalue weighted by Gasteiger charge is 2.02. The standard InChI is InChI=1S/C15H17N3O/c1-2-13-9-6-10-14(17-13)18-15(19)16-11-12-7-4-3-5-8-12/h3-10H,2,11H2,1H3,(H2,16,17,18,19). The van der Waals surface area contributed by atoms with Gasteiger partial charge in [0, 0.05) is 12.2 Å². The second-order valence-electron chi connectivity index (χ2n) is 4.16. The molecule has 0 atom stereocenters. The molecule has 0 aliphatic heterocycles. The van der Waals surface area contributed by atoms with E-state index < -0.39 is 0 Å². The van der Waals surface area contributed by atoms with Gasteiger partial charge >= 0.3 is 6.03 Å². The zero-order chi connectivity index (χ0) is 13.5. The Balaban J connectivity index is 1.87. The van der Waals surface area contributed by atoms with Crippen molar-refractivity contribution < 1.29 is 4.79 Å². The summed E-state index contributed by atoms with van der Waals surface area (Å²) in [5.41, 5.74) is 2.02. The van der Waals surface area contributed by atoms with Gasteiger partial charge in [0.1, 0.15) is 5.82 Å². The van der Waals surface area contributed by atoms with E-state index in [2.05, 4.69) is 15.6 Å². The molecule has 2 aromatic rings. The largest absolute Gasteiger partial charge is 0.334 e. The molecule has 1 aromatic heterocycles. The van der Waals surface area contributed by atoms with Crippen LogP contribution in [0.3, 0.4) is 0 Å². The molecule has 4 heteroatoms. The van der Waals surface area contributed by atoms with Crippen LogP contribution in [0.25, 0.3) is 0 Å². The van der Waals surface area contributed by atoms with Crippen LogP contribution < -0.4 is 10.6 Å². The quantitative estimate of drug-likeness (QED) is 0.882. The fourth-order valence-electron chi connectivity index (χ4n) is 1.68. The van der Waals surface area contributed by atoms with Gasteiger partial charge in [-0.15, -0.1) is 0 Å². The first-order valence-electron chi connectivity index (χ1n) is 6.32. The summed E-state index contributed by atoms with van der Waals surface area (Å²) >= 11 is 0. The summed E-state index contributed by atoms with van der Waals surface area (Å²) < 4.78 is 0. The zero-order valence-corrected chi connectivity index (χ0v) is 10.9. The minimum Gasteiger partial charge on any atom is -0.334 e. The number of benzene rings is 1. The van der Waals surface area contributed by atoms with Crippen LogP contribution >= 0.6 is 0 Å². The van der Waals surface area contributed by atoms with E-state index in [0.29, 0.717) is 12.4 Å². The molecule has 0 unspecified atom stereocenters. The van der Waals surface area contributed by atoms with Crippen LogP contribution in [0.5, 0.6) is 0 Å². The van der Waals surface area contributed by atoms with Crippen molar-refractivity contribution in [1.82, 2.24) is 10.3 Å². The van der Waals surface area contributed by atoms with Crippen molar-refractivity contribution in [2.24, 2.45) is 0 Å². The van der Waals surface area contributed by atoms with E-state index in [-0.39, 0.29) is 6.03 Å². The van der Waals surface area contributed by atoms with E-state index >= 15 is 0 Å². The van der Waals surface area contributed by atoms with E-state index in [1.807, 2.05) is 49.4 Å². The summed E-state index contributed by atoms with van der Waals surface area (Å²) in [6, 6.07) is 15.1. The Bertz CT molecular complexity index is 540. The molecule has 0 aliphatic carbocycles. The number of carbonyl (C=O) groups is 1. The lowest BCUT2D eigenvalue weighted by Crippen LogP contribution is -2.28. The Hall–Kier alpha value is -2.36. The number of aromatic nitrogens is 1. The highest BCUT2D eigenvalue weighted by molar-refractivity contribution is 5.88. The van der Waals surface area contributed by atoms with E-state index in [1.165, 1.54) is 0 Å². The molecular formula is C15H17N3O. The molecule has 0 spiro atoms. The van der Waals surface area contributed by atoms with E-state index in [4.69, 9.17) is 0 Å². The zero-order valence-electron chi connectivity index (χ0n) is 10.9. The van der Waals surface area contributed by atoms with Crippen molar-refractivity contribution in [1.29, 1.82) is 0 Å². The first-order chi connectivity index (χ1) is 9.28. The lowest BCUT2D eigenvalue weighted by Gasteiger charge is -2.07.